The van der Waals surface area contributed by atoms with E-state index in [2.05, 4.69) is 5.32 Å². The predicted octanol–water partition coefficient (Wildman–Crippen LogP) is 2.24. The van der Waals surface area contributed by atoms with Crippen LogP contribution >= 0.6 is 0 Å². The summed E-state index contributed by atoms with van der Waals surface area (Å²) < 4.78 is 5.39. The van der Waals surface area contributed by atoms with Gasteiger partial charge in [-0.15, -0.1) is 0 Å². The van der Waals surface area contributed by atoms with Crippen molar-refractivity contribution in [2.24, 2.45) is 0 Å². The van der Waals surface area contributed by atoms with Crippen molar-refractivity contribution in [2.75, 3.05) is 25.6 Å². The number of likely N-dealkylation sites (N-methyl/N-ethyl adjacent to an activating group) is 1. The summed E-state index contributed by atoms with van der Waals surface area (Å²) in [4.78, 5) is 13.4. The molecule has 0 bridgehead atoms. The Morgan fingerprint density at radius 1 is 1.53 bits per heavy atom. The minimum atomic E-state index is -0.242. The van der Waals surface area contributed by atoms with Crippen molar-refractivity contribution in [3.05, 3.63) is 23.8 Å². The van der Waals surface area contributed by atoms with Crippen LogP contribution in [0.5, 0.6) is 5.75 Å². The first-order valence-electron chi connectivity index (χ1n) is 6.37. The summed E-state index contributed by atoms with van der Waals surface area (Å²) in [6.45, 7) is 6.17. The molecule has 1 aromatic rings. The normalized spacial score (nSPS) is 11.8. The lowest BCUT2D eigenvalue weighted by Gasteiger charge is -2.24. The van der Waals surface area contributed by atoms with E-state index in [0.29, 0.717) is 6.61 Å². The summed E-state index contributed by atoms with van der Waals surface area (Å²) in [6, 6.07) is 5.06. The molecule has 0 radical (unpaired) electrons. The lowest BCUT2D eigenvalue weighted by molar-refractivity contribution is 0.166. The van der Waals surface area contributed by atoms with Gasteiger partial charge in [0.2, 0.25) is 0 Å². The van der Waals surface area contributed by atoms with Gasteiger partial charge in [0.15, 0.2) is 0 Å². The molecule has 2 amide bonds. The SMILES string of the molecule is CCOc1ccc(NC(=O)N(C)C(C)CO)c(C)c1. The van der Waals surface area contributed by atoms with Crippen LogP contribution in [0.15, 0.2) is 18.2 Å². The maximum absolute atomic E-state index is 11.9. The second-order valence-corrected chi connectivity index (χ2v) is 4.48. The number of amides is 2. The molecule has 1 aromatic carbocycles. The van der Waals surface area contributed by atoms with Gasteiger partial charge in [0, 0.05) is 12.7 Å². The van der Waals surface area contributed by atoms with Crippen LogP contribution in [0.4, 0.5) is 10.5 Å². The molecular formula is C14H22N2O3. The Hall–Kier alpha value is -1.75. The molecule has 1 rings (SSSR count). The number of hydrogen-bond donors (Lipinski definition) is 2. The molecule has 19 heavy (non-hydrogen) atoms. The minimum Gasteiger partial charge on any atom is -0.494 e. The summed E-state index contributed by atoms with van der Waals surface area (Å²) >= 11 is 0. The van der Waals surface area contributed by atoms with Crippen molar-refractivity contribution in [2.45, 2.75) is 26.8 Å². The van der Waals surface area contributed by atoms with Gasteiger partial charge in [-0.1, -0.05) is 0 Å². The number of aliphatic hydroxyl groups excluding tert-OH is 1. The molecule has 0 fully saturated rings. The fraction of sp³-hybridized carbons (Fsp3) is 0.500. The fourth-order valence-electron chi connectivity index (χ4n) is 1.56. The Labute approximate surface area is 114 Å². The number of aliphatic hydroxyl groups is 1. The van der Waals surface area contributed by atoms with E-state index in [1.165, 1.54) is 4.90 Å². The Bertz CT molecular complexity index is 435. The summed E-state index contributed by atoms with van der Waals surface area (Å²) in [5.74, 6) is 0.787. The first-order valence-corrected chi connectivity index (χ1v) is 6.37. The number of carbonyl (C=O) groups excluding carboxylic acids is 1. The van der Waals surface area contributed by atoms with Crippen molar-refractivity contribution >= 4 is 11.7 Å². The van der Waals surface area contributed by atoms with Crippen LogP contribution in [0.25, 0.3) is 0 Å². The number of nitrogens with zero attached hydrogens (tertiary/aromatic N) is 1. The molecule has 0 aliphatic rings. The highest BCUT2D eigenvalue weighted by Gasteiger charge is 2.15. The Morgan fingerprint density at radius 3 is 2.74 bits per heavy atom. The zero-order chi connectivity index (χ0) is 14.4. The molecule has 5 heteroatoms. The highest BCUT2D eigenvalue weighted by Crippen LogP contribution is 2.21. The number of rotatable bonds is 5. The van der Waals surface area contributed by atoms with Gasteiger partial charge in [-0.3, -0.25) is 0 Å². The van der Waals surface area contributed by atoms with Crippen LogP contribution in [0, 0.1) is 6.92 Å². The second-order valence-electron chi connectivity index (χ2n) is 4.48. The van der Waals surface area contributed by atoms with E-state index in [0.717, 1.165) is 17.0 Å². The van der Waals surface area contributed by atoms with Crippen molar-refractivity contribution in [1.82, 2.24) is 4.90 Å². The first-order chi connectivity index (χ1) is 8.99. The maximum Gasteiger partial charge on any atom is 0.321 e. The number of anilines is 1. The van der Waals surface area contributed by atoms with Gasteiger partial charge in [-0.2, -0.15) is 0 Å². The summed E-state index contributed by atoms with van der Waals surface area (Å²) in [7, 11) is 1.65. The van der Waals surface area contributed by atoms with E-state index >= 15 is 0 Å². The Morgan fingerprint density at radius 2 is 2.21 bits per heavy atom. The molecule has 0 saturated heterocycles. The zero-order valence-electron chi connectivity index (χ0n) is 11.9. The molecule has 1 unspecified atom stereocenters. The second kappa shape index (κ2) is 6.99. The Balaban J connectivity index is 2.74. The van der Waals surface area contributed by atoms with E-state index < -0.39 is 0 Å². The van der Waals surface area contributed by atoms with Gasteiger partial charge in [-0.05, 0) is 44.5 Å². The highest BCUT2D eigenvalue weighted by atomic mass is 16.5. The van der Waals surface area contributed by atoms with E-state index in [1.807, 2.05) is 32.0 Å². The lowest BCUT2D eigenvalue weighted by Crippen LogP contribution is -2.40. The van der Waals surface area contributed by atoms with Crippen molar-refractivity contribution in [3.8, 4) is 5.75 Å². The largest absolute Gasteiger partial charge is 0.494 e. The first kappa shape index (κ1) is 15.3. The number of nitrogens with one attached hydrogen (secondary N) is 1. The van der Waals surface area contributed by atoms with Gasteiger partial charge in [0.1, 0.15) is 5.75 Å². The van der Waals surface area contributed by atoms with Crippen LogP contribution in [0.2, 0.25) is 0 Å². The molecule has 2 N–H and O–H groups in total. The van der Waals surface area contributed by atoms with Crippen molar-refractivity contribution in [1.29, 1.82) is 0 Å². The quantitative estimate of drug-likeness (QED) is 0.859. The summed E-state index contributed by atoms with van der Waals surface area (Å²) in [5.41, 5.74) is 1.68. The topological polar surface area (TPSA) is 61.8 Å². The van der Waals surface area contributed by atoms with Gasteiger partial charge in [0.25, 0.3) is 0 Å². The summed E-state index contributed by atoms with van der Waals surface area (Å²) in [6.07, 6.45) is 0. The number of aryl methyl sites for hydroxylation is 1. The average Bonchev–Trinajstić information content (AvgIpc) is 2.40. The molecule has 0 aliphatic heterocycles. The van der Waals surface area contributed by atoms with E-state index in [1.54, 1.807) is 14.0 Å². The van der Waals surface area contributed by atoms with E-state index in [9.17, 15) is 4.79 Å². The predicted molar refractivity (Wildman–Crippen MR) is 75.7 cm³/mol. The number of carbonyl (C=O) groups is 1. The monoisotopic (exact) mass is 266 g/mol. The molecule has 5 nitrogen and oxygen atoms in total. The molecule has 0 saturated carbocycles. The van der Waals surface area contributed by atoms with Crippen molar-refractivity contribution in [3.63, 3.8) is 0 Å². The number of urea groups is 1. The Kier molecular flexibility index (Phi) is 5.63. The molecule has 0 spiro atoms. The molecule has 1 atom stereocenters. The van der Waals surface area contributed by atoms with Gasteiger partial charge in [-0.25, -0.2) is 4.79 Å². The standard InChI is InChI=1S/C14H22N2O3/c1-5-19-12-6-7-13(10(2)8-12)15-14(18)16(4)11(3)9-17/h6-8,11,17H,5,9H2,1-4H3,(H,15,18). The third-order valence-electron chi connectivity index (χ3n) is 3.00. The molecule has 0 aliphatic carbocycles. The third kappa shape index (κ3) is 4.13. The van der Waals surface area contributed by atoms with Crippen LogP contribution in [0.3, 0.4) is 0 Å². The highest BCUT2D eigenvalue weighted by molar-refractivity contribution is 5.90. The zero-order valence-corrected chi connectivity index (χ0v) is 11.9. The average molecular weight is 266 g/mol. The minimum absolute atomic E-state index is 0.0633. The van der Waals surface area contributed by atoms with E-state index in [-0.39, 0.29) is 18.7 Å². The molecule has 106 valence electrons. The maximum atomic E-state index is 11.9. The lowest BCUT2D eigenvalue weighted by atomic mass is 10.2. The van der Waals surface area contributed by atoms with Gasteiger partial charge < -0.3 is 20.1 Å². The number of ether oxygens (including phenoxy) is 1. The van der Waals surface area contributed by atoms with Crippen LogP contribution in [-0.4, -0.2) is 42.3 Å². The number of benzene rings is 1. The van der Waals surface area contributed by atoms with E-state index in [4.69, 9.17) is 9.84 Å². The molecular weight excluding hydrogens is 244 g/mol. The smallest absolute Gasteiger partial charge is 0.321 e. The third-order valence-corrected chi connectivity index (χ3v) is 3.00. The van der Waals surface area contributed by atoms with Crippen molar-refractivity contribution < 1.29 is 14.6 Å². The summed E-state index contributed by atoms with van der Waals surface area (Å²) in [5, 5.41) is 11.8. The van der Waals surface area contributed by atoms with Crippen LogP contribution < -0.4 is 10.1 Å². The molecule has 0 heterocycles. The van der Waals surface area contributed by atoms with Crippen LogP contribution in [-0.2, 0) is 0 Å². The van der Waals surface area contributed by atoms with Gasteiger partial charge in [0.05, 0.1) is 19.3 Å². The van der Waals surface area contributed by atoms with Crippen LogP contribution in [0.1, 0.15) is 19.4 Å². The number of hydrogen-bond acceptors (Lipinski definition) is 3. The molecule has 0 aromatic heterocycles. The van der Waals surface area contributed by atoms with Gasteiger partial charge >= 0.3 is 6.03 Å². The fourth-order valence-corrected chi connectivity index (χ4v) is 1.56.